The average Bonchev–Trinajstić information content (AvgIpc) is 2.95. The van der Waals surface area contributed by atoms with Crippen LogP contribution in [-0.4, -0.2) is 41.5 Å². The largest absolute Gasteiger partial charge is 0.393 e. The molecule has 5 fully saturated rings. The van der Waals surface area contributed by atoms with Gasteiger partial charge in [0.1, 0.15) is 5.78 Å². The first-order chi connectivity index (χ1) is 13.8. The molecule has 0 aromatic heterocycles. The van der Waals surface area contributed by atoms with E-state index in [1.54, 1.807) is 0 Å². The number of hydrogen-bond donors (Lipinski definition) is 1. The van der Waals surface area contributed by atoms with Crippen LogP contribution >= 0.6 is 0 Å². The molecular formula is C26H43NO2. The standard InChI is InChI=1S/C26H43NO2/c1-24-10-8-20-21(26(24,3)12-7-19(28)16-24)9-11-25(2)22(20)15-18(23(25)29)17-27-13-5-4-6-14-27/h18-22,28H,4-17H2,1-3H3/t18-,19+,20-,21+,22-,24-,25-,26+/m0/s1. The van der Waals surface area contributed by atoms with Gasteiger partial charge in [-0.1, -0.05) is 27.2 Å². The Hall–Kier alpha value is -0.410. The second-order valence-electron chi connectivity index (χ2n) is 12.4. The van der Waals surface area contributed by atoms with Crippen LogP contribution in [0, 0.1) is 39.9 Å². The molecule has 0 bridgehead atoms. The quantitative estimate of drug-likeness (QED) is 0.703. The van der Waals surface area contributed by atoms with Crippen molar-refractivity contribution in [2.75, 3.05) is 19.6 Å². The molecule has 4 aliphatic carbocycles. The molecular weight excluding hydrogens is 358 g/mol. The van der Waals surface area contributed by atoms with Crippen molar-refractivity contribution < 1.29 is 9.90 Å². The monoisotopic (exact) mass is 401 g/mol. The maximum Gasteiger partial charge on any atom is 0.143 e. The van der Waals surface area contributed by atoms with Gasteiger partial charge in [-0.05, 0) is 106 Å². The van der Waals surface area contributed by atoms with E-state index < -0.39 is 0 Å². The normalized spacial score (nSPS) is 53.2. The second kappa shape index (κ2) is 7.05. The molecule has 1 N–H and O–H groups in total. The number of carbonyl (C=O) groups excluding carboxylic acids is 1. The van der Waals surface area contributed by atoms with Gasteiger partial charge in [-0.3, -0.25) is 4.79 Å². The smallest absolute Gasteiger partial charge is 0.143 e. The molecule has 164 valence electrons. The number of nitrogens with zero attached hydrogens (tertiary/aromatic N) is 1. The number of aliphatic hydroxyl groups excluding tert-OH is 1. The maximum absolute atomic E-state index is 13.6. The predicted molar refractivity (Wildman–Crippen MR) is 117 cm³/mol. The summed E-state index contributed by atoms with van der Waals surface area (Å²) in [5.74, 6) is 3.00. The first-order valence-corrected chi connectivity index (χ1v) is 12.7. The zero-order chi connectivity index (χ0) is 20.4. The molecule has 0 aromatic rings. The Bertz CT molecular complexity index is 657. The number of piperidine rings is 1. The summed E-state index contributed by atoms with van der Waals surface area (Å²) in [5.41, 5.74) is 0.583. The number of rotatable bonds is 2. The lowest BCUT2D eigenvalue weighted by molar-refractivity contribution is -0.169. The van der Waals surface area contributed by atoms with E-state index in [9.17, 15) is 9.90 Å². The van der Waals surface area contributed by atoms with Gasteiger partial charge in [-0.15, -0.1) is 0 Å². The molecule has 0 aromatic carbocycles. The fourth-order valence-electron chi connectivity index (χ4n) is 9.16. The van der Waals surface area contributed by atoms with Crippen LogP contribution in [0.2, 0.25) is 0 Å². The Labute approximate surface area is 178 Å². The highest BCUT2D eigenvalue weighted by atomic mass is 16.3. The third-order valence-electron chi connectivity index (χ3n) is 11.1. The minimum absolute atomic E-state index is 0.0557. The van der Waals surface area contributed by atoms with Crippen molar-refractivity contribution in [2.24, 2.45) is 39.9 Å². The molecule has 3 heteroatoms. The fourth-order valence-corrected chi connectivity index (χ4v) is 9.16. The number of likely N-dealkylation sites (tertiary alicyclic amines) is 1. The molecule has 4 saturated carbocycles. The third kappa shape index (κ3) is 3.00. The molecule has 8 atom stereocenters. The average molecular weight is 402 g/mol. The summed E-state index contributed by atoms with van der Waals surface area (Å²) in [6.45, 7) is 10.8. The molecule has 29 heavy (non-hydrogen) atoms. The summed E-state index contributed by atoms with van der Waals surface area (Å²) in [6, 6.07) is 0. The fraction of sp³-hybridized carbons (Fsp3) is 0.962. The molecule has 5 aliphatic rings. The van der Waals surface area contributed by atoms with E-state index in [2.05, 4.69) is 25.7 Å². The van der Waals surface area contributed by atoms with E-state index >= 15 is 0 Å². The van der Waals surface area contributed by atoms with Crippen LogP contribution in [0.4, 0.5) is 0 Å². The van der Waals surface area contributed by atoms with Gasteiger partial charge in [0, 0.05) is 17.9 Å². The summed E-state index contributed by atoms with van der Waals surface area (Å²) in [4.78, 5) is 16.2. The molecule has 0 amide bonds. The Kier molecular flexibility index (Phi) is 4.98. The number of Topliss-reactive ketones (excluding diaryl/α,β-unsaturated/α-hetero) is 1. The lowest BCUT2D eigenvalue weighted by Crippen LogP contribution is -2.58. The first kappa shape index (κ1) is 20.5. The van der Waals surface area contributed by atoms with Crippen LogP contribution in [0.5, 0.6) is 0 Å². The van der Waals surface area contributed by atoms with E-state index in [4.69, 9.17) is 0 Å². The van der Waals surface area contributed by atoms with Gasteiger partial charge in [-0.2, -0.15) is 0 Å². The molecule has 0 spiro atoms. The van der Waals surface area contributed by atoms with E-state index in [1.807, 2.05) is 0 Å². The summed E-state index contributed by atoms with van der Waals surface area (Å²) in [7, 11) is 0. The van der Waals surface area contributed by atoms with Gasteiger partial charge < -0.3 is 10.0 Å². The predicted octanol–water partition coefficient (Wildman–Crippen LogP) is 5.06. The highest BCUT2D eigenvalue weighted by Gasteiger charge is 2.64. The summed E-state index contributed by atoms with van der Waals surface area (Å²) in [5, 5.41) is 10.4. The van der Waals surface area contributed by atoms with Crippen molar-refractivity contribution in [3.63, 3.8) is 0 Å². The third-order valence-corrected chi connectivity index (χ3v) is 11.1. The van der Waals surface area contributed by atoms with Gasteiger partial charge in [0.05, 0.1) is 6.10 Å². The lowest BCUT2D eigenvalue weighted by atomic mass is 9.40. The van der Waals surface area contributed by atoms with E-state index in [-0.39, 0.29) is 22.9 Å². The van der Waals surface area contributed by atoms with Crippen LogP contribution in [-0.2, 0) is 4.79 Å². The van der Waals surface area contributed by atoms with Crippen molar-refractivity contribution in [2.45, 2.75) is 97.5 Å². The number of fused-ring (bicyclic) bond motifs is 5. The van der Waals surface area contributed by atoms with E-state index in [1.165, 1.54) is 58.0 Å². The first-order valence-electron chi connectivity index (χ1n) is 12.7. The van der Waals surface area contributed by atoms with Crippen molar-refractivity contribution in [3.05, 3.63) is 0 Å². The molecule has 0 unspecified atom stereocenters. The molecule has 3 nitrogen and oxygen atoms in total. The van der Waals surface area contributed by atoms with Crippen molar-refractivity contribution in [1.29, 1.82) is 0 Å². The molecule has 5 rings (SSSR count). The van der Waals surface area contributed by atoms with Crippen LogP contribution in [0.15, 0.2) is 0 Å². The highest BCUT2D eigenvalue weighted by Crippen LogP contribution is 2.69. The highest BCUT2D eigenvalue weighted by molar-refractivity contribution is 5.89. The molecule has 0 radical (unpaired) electrons. The zero-order valence-corrected chi connectivity index (χ0v) is 19.1. The van der Waals surface area contributed by atoms with Gasteiger partial charge in [-0.25, -0.2) is 0 Å². The summed E-state index contributed by atoms with van der Waals surface area (Å²) >= 11 is 0. The van der Waals surface area contributed by atoms with Crippen LogP contribution in [0.3, 0.4) is 0 Å². The lowest BCUT2D eigenvalue weighted by Gasteiger charge is -2.64. The summed E-state index contributed by atoms with van der Waals surface area (Å²) in [6.07, 6.45) is 13.1. The van der Waals surface area contributed by atoms with Gasteiger partial charge in [0.2, 0.25) is 0 Å². The van der Waals surface area contributed by atoms with Gasteiger partial charge in [0.15, 0.2) is 0 Å². The number of carbonyl (C=O) groups is 1. The minimum atomic E-state index is -0.0968. The minimum Gasteiger partial charge on any atom is -0.393 e. The summed E-state index contributed by atoms with van der Waals surface area (Å²) < 4.78 is 0. The maximum atomic E-state index is 13.6. The Morgan fingerprint density at radius 3 is 2.48 bits per heavy atom. The second-order valence-corrected chi connectivity index (χ2v) is 12.4. The topological polar surface area (TPSA) is 40.5 Å². The molecule has 1 saturated heterocycles. The van der Waals surface area contributed by atoms with Gasteiger partial charge >= 0.3 is 0 Å². The van der Waals surface area contributed by atoms with Crippen LogP contribution in [0.25, 0.3) is 0 Å². The number of aliphatic hydroxyl groups is 1. The molecule has 1 heterocycles. The number of hydrogen-bond acceptors (Lipinski definition) is 3. The van der Waals surface area contributed by atoms with Gasteiger partial charge in [0.25, 0.3) is 0 Å². The van der Waals surface area contributed by atoms with Crippen LogP contribution in [0.1, 0.15) is 91.4 Å². The van der Waals surface area contributed by atoms with Crippen molar-refractivity contribution in [3.8, 4) is 0 Å². The Morgan fingerprint density at radius 2 is 1.72 bits per heavy atom. The number of ketones is 1. The van der Waals surface area contributed by atoms with E-state index in [0.717, 1.165) is 44.1 Å². The van der Waals surface area contributed by atoms with Crippen molar-refractivity contribution in [1.82, 2.24) is 4.90 Å². The Balaban J connectivity index is 1.37. The van der Waals surface area contributed by atoms with Crippen molar-refractivity contribution >= 4 is 5.78 Å². The molecule has 1 aliphatic heterocycles. The zero-order valence-electron chi connectivity index (χ0n) is 19.1. The van der Waals surface area contributed by atoms with Crippen LogP contribution < -0.4 is 0 Å². The Morgan fingerprint density at radius 1 is 0.966 bits per heavy atom. The SMILES string of the molecule is C[C@@]12CC[C@H]3[C@@H](CC[C@]4(C)C(=O)[C@H](CN5CCCCC5)C[C@@H]34)[C@@]1(C)CC[C@@H](O)C2. The van der Waals surface area contributed by atoms with E-state index in [0.29, 0.717) is 17.1 Å².